The van der Waals surface area contributed by atoms with Crippen LogP contribution in [0.25, 0.3) is 0 Å². The van der Waals surface area contributed by atoms with Crippen LogP contribution >= 0.6 is 15.9 Å². The van der Waals surface area contributed by atoms with Gasteiger partial charge in [0.05, 0.1) is 0 Å². The molecule has 1 aliphatic heterocycles. The van der Waals surface area contributed by atoms with E-state index >= 15 is 0 Å². The topological polar surface area (TPSA) is 49.3 Å². The lowest BCUT2D eigenvalue weighted by atomic mass is 9.98. The molecule has 2 rings (SSSR count). The molecule has 0 bridgehead atoms. The largest absolute Gasteiger partial charge is 0.480 e. The first-order valence-electron chi connectivity index (χ1n) is 4.31. The Morgan fingerprint density at radius 3 is 3.00 bits per heavy atom. The molecule has 0 saturated carbocycles. The average Bonchev–Trinajstić information content (AvgIpc) is 2.42. The number of hydrogen-bond donors (Lipinski definition) is 2. The molecule has 74 valence electrons. The maximum atomic E-state index is 11.0. The van der Waals surface area contributed by atoms with Crippen molar-refractivity contribution in [1.82, 2.24) is 0 Å². The molecule has 1 aromatic rings. The summed E-state index contributed by atoms with van der Waals surface area (Å²) in [5.74, 6) is -0.815. The van der Waals surface area contributed by atoms with E-state index in [1.807, 2.05) is 18.2 Å². The minimum absolute atomic E-state index is 0.525. The van der Waals surface area contributed by atoms with E-state index in [-0.39, 0.29) is 0 Å². The predicted octanol–water partition coefficient (Wildman–Crippen LogP) is 2.26. The van der Waals surface area contributed by atoms with Crippen LogP contribution in [0.5, 0.6) is 0 Å². The molecule has 1 aliphatic rings. The van der Waals surface area contributed by atoms with Gasteiger partial charge in [0.25, 0.3) is 0 Å². The molecular formula is C10H10BrNO2. The van der Waals surface area contributed by atoms with E-state index in [0.29, 0.717) is 6.42 Å². The molecule has 0 spiro atoms. The van der Waals surface area contributed by atoms with Gasteiger partial charge in [0, 0.05) is 16.6 Å². The van der Waals surface area contributed by atoms with Gasteiger partial charge in [0.15, 0.2) is 0 Å². The van der Waals surface area contributed by atoms with Gasteiger partial charge >= 0.3 is 5.97 Å². The van der Waals surface area contributed by atoms with Crippen molar-refractivity contribution < 1.29 is 9.90 Å². The van der Waals surface area contributed by atoms with Crippen molar-refractivity contribution in [3.05, 3.63) is 28.2 Å². The third kappa shape index (κ3) is 1.39. The number of carbonyl (C=O) groups is 1. The lowest BCUT2D eigenvalue weighted by molar-refractivity contribution is -0.141. The highest BCUT2D eigenvalue weighted by Gasteiger charge is 2.39. The molecule has 14 heavy (non-hydrogen) atoms. The summed E-state index contributed by atoms with van der Waals surface area (Å²) < 4.78 is 0.979. The number of hydrogen-bond acceptors (Lipinski definition) is 2. The van der Waals surface area contributed by atoms with Gasteiger partial charge in [0.2, 0.25) is 0 Å². The van der Waals surface area contributed by atoms with Crippen LogP contribution in [-0.4, -0.2) is 16.6 Å². The van der Waals surface area contributed by atoms with E-state index in [4.69, 9.17) is 5.11 Å². The highest BCUT2D eigenvalue weighted by molar-refractivity contribution is 9.10. The number of fused-ring (bicyclic) bond motifs is 1. The molecule has 4 heteroatoms. The zero-order chi connectivity index (χ0) is 10.3. The lowest BCUT2D eigenvalue weighted by Gasteiger charge is -2.18. The monoisotopic (exact) mass is 255 g/mol. The van der Waals surface area contributed by atoms with Crippen LogP contribution in [0, 0.1) is 0 Å². The molecule has 0 fully saturated rings. The quantitative estimate of drug-likeness (QED) is 0.810. The molecule has 0 radical (unpaired) electrons. The fourth-order valence-electron chi connectivity index (χ4n) is 1.68. The standard InChI is InChI=1S/C10H10BrNO2/c1-10(9(13)14)5-6-4-7(11)2-3-8(6)12-10/h2-4,12H,5H2,1H3,(H,13,14). The Balaban J connectivity index is 2.39. The Labute approximate surface area is 90.3 Å². The molecule has 1 aromatic carbocycles. The van der Waals surface area contributed by atoms with Crippen molar-refractivity contribution >= 4 is 27.6 Å². The molecule has 0 aliphatic carbocycles. The van der Waals surface area contributed by atoms with E-state index in [1.165, 1.54) is 0 Å². The Bertz CT molecular complexity index is 405. The zero-order valence-electron chi connectivity index (χ0n) is 7.67. The maximum absolute atomic E-state index is 11.0. The fourth-order valence-corrected chi connectivity index (χ4v) is 2.09. The van der Waals surface area contributed by atoms with Gasteiger partial charge in [0.1, 0.15) is 5.54 Å². The smallest absolute Gasteiger partial charge is 0.329 e. The SMILES string of the molecule is CC1(C(=O)O)Cc2cc(Br)ccc2N1. The Hall–Kier alpha value is -1.03. The Morgan fingerprint density at radius 1 is 1.64 bits per heavy atom. The number of carboxylic acid groups (broad SMARTS) is 1. The van der Waals surface area contributed by atoms with Crippen molar-refractivity contribution in [3.8, 4) is 0 Å². The van der Waals surface area contributed by atoms with Gasteiger partial charge in [-0.1, -0.05) is 15.9 Å². The van der Waals surface area contributed by atoms with E-state index in [1.54, 1.807) is 6.92 Å². The molecule has 1 unspecified atom stereocenters. The van der Waals surface area contributed by atoms with E-state index < -0.39 is 11.5 Å². The van der Waals surface area contributed by atoms with Crippen molar-refractivity contribution in [2.75, 3.05) is 5.32 Å². The van der Waals surface area contributed by atoms with Gasteiger partial charge in [-0.25, -0.2) is 4.79 Å². The molecule has 1 heterocycles. The summed E-state index contributed by atoms with van der Waals surface area (Å²) in [6.45, 7) is 1.70. The third-order valence-electron chi connectivity index (χ3n) is 2.49. The number of rotatable bonds is 1. The lowest BCUT2D eigenvalue weighted by Crippen LogP contribution is -2.41. The second-order valence-corrected chi connectivity index (χ2v) is 4.66. The van der Waals surface area contributed by atoms with Crippen LogP contribution in [0.2, 0.25) is 0 Å². The highest BCUT2D eigenvalue weighted by Crippen LogP contribution is 2.34. The van der Waals surface area contributed by atoms with Crippen LogP contribution in [0.1, 0.15) is 12.5 Å². The molecule has 2 N–H and O–H groups in total. The molecule has 1 atom stereocenters. The zero-order valence-corrected chi connectivity index (χ0v) is 9.26. The number of carboxylic acids is 1. The maximum Gasteiger partial charge on any atom is 0.329 e. The number of anilines is 1. The molecule has 3 nitrogen and oxygen atoms in total. The van der Waals surface area contributed by atoms with Crippen molar-refractivity contribution in [2.45, 2.75) is 18.9 Å². The average molecular weight is 256 g/mol. The summed E-state index contributed by atoms with van der Waals surface area (Å²) >= 11 is 3.36. The number of halogens is 1. The molecular weight excluding hydrogens is 246 g/mol. The van der Waals surface area contributed by atoms with E-state index in [9.17, 15) is 4.79 Å². The van der Waals surface area contributed by atoms with Gasteiger partial charge in [-0.3, -0.25) is 0 Å². The number of aliphatic carboxylic acids is 1. The first-order chi connectivity index (χ1) is 6.51. The van der Waals surface area contributed by atoms with Gasteiger partial charge < -0.3 is 10.4 Å². The summed E-state index contributed by atoms with van der Waals surface area (Å²) in [5.41, 5.74) is 1.10. The van der Waals surface area contributed by atoms with Gasteiger partial charge in [-0.05, 0) is 30.7 Å². The van der Waals surface area contributed by atoms with Crippen molar-refractivity contribution in [1.29, 1.82) is 0 Å². The second kappa shape index (κ2) is 2.98. The van der Waals surface area contributed by atoms with Crippen molar-refractivity contribution in [3.63, 3.8) is 0 Å². The predicted molar refractivity (Wildman–Crippen MR) is 57.5 cm³/mol. The van der Waals surface area contributed by atoms with E-state index in [0.717, 1.165) is 15.7 Å². The van der Waals surface area contributed by atoms with Crippen LogP contribution < -0.4 is 5.32 Å². The van der Waals surface area contributed by atoms with Crippen LogP contribution in [0.4, 0.5) is 5.69 Å². The van der Waals surface area contributed by atoms with Gasteiger partial charge in [-0.2, -0.15) is 0 Å². The first kappa shape index (κ1) is 9.52. The normalized spacial score (nSPS) is 24.1. The second-order valence-electron chi connectivity index (χ2n) is 3.74. The van der Waals surface area contributed by atoms with Crippen LogP contribution in [0.3, 0.4) is 0 Å². The van der Waals surface area contributed by atoms with Crippen LogP contribution in [-0.2, 0) is 11.2 Å². The number of benzene rings is 1. The van der Waals surface area contributed by atoms with E-state index in [2.05, 4.69) is 21.2 Å². The summed E-state index contributed by atoms with van der Waals surface area (Å²) in [5, 5.41) is 12.1. The summed E-state index contributed by atoms with van der Waals surface area (Å²) in [6.07, 6.45) is 0.525. The molecule has 0 saturated heterocycles. The summed E-state index contributed by atoms with van der Waals surface area (Å²) in [4.78, 5) is 11.0. The highest BCUT2D eigenvalue weighted by atomic mass is 79.9. The third-order valence-corrected chi connectivity index (χ3v) is 2.99. The summed E-state index contributed by atoms with van der Waals surface area (Å²) in [7, 11) is 0. The number of nitrogens with one attached hydrogen (secondary N) is 1. The summed E-state index contributed by atoms with van der Waals surface area (Å²) in [6, 6.07) is 5.75. The Morgan fingerprint density at radius 2 is 2.36 bits per heavy atom. The first-order valence-corrected chi connectivity index (χ1v) is 5.10. The molecule has 0 aromatic heterocycles. The Kier molecular flexibility index (Phi) is 2.03. The van der Waals surface area contributed by atoms with Crippen LogP contribution in [0.15, 0.2) is 22.7 Å². The minimum Gasteiger partial charge on any atom is -0.480 e. The van der Waals surface area contributed by atoms with Crippen molar-refractivity contribution in [2.24, 2.45) is 0 Å². The van der Waals surface area contributed by atoms with Gasteiger partial charge in [-0.15, -0.1) is 0 Å². The minimum atomic E-state index is -0.858. The molecule has 0 amide bonds. The fraction of sp³-hybridized carbons (Fsp3) is 0.300.